The lowest BCUT2D eigenvalue weighted by atomic mass is 9.93. The molecule has 1 fully saturated rings. The van der Waals surface area contributed by atoms with Crippen LogP contribution in [0.2, 0.25) is 10.0 Å². The van der Waals surface area contributed by atoms with Crippen molar-refractivity contribution in [2.45, 2.75) is 32.2 Å². The van der Waals surface area contributed by atoms with Gasteiger partial charge in [0.15, 0.2) is 0 Å². The van der Waals surface area contributed by atoms with Gasteiger partial charge in [-0.1, -0.05) is 37.0 Å². The molecule has 2 rings (SSSR count). The standard InChI is InChI=1S/C15H17Cl2N3O3/c1-3-15(4-2)13(22)20(14(23)19-15)8-12(21)18-11-7-9(16)5-6-10(11)17/h5-7H,3-4,8H2,1-2H3,(H,18,21)(H,19,23). The molecule has 0 aromatic heterocycles. The Morgan fingerprint density at radius 1 is 1.26 bits per heavy atom. The number of hydrogen-bond donors (Lipinski definition) is 2. The van der Waals surface area contributed by atoms with E-state index >= 15 is 0 Å². The van der Waals surface area contributed by atoms with Gasteiger partial charge in [0, 0.05) is 5.02 Å². The Balaban J connectivity index is 2.10. The number of imide groups is 1. The predicted octanol–water partition coefficient (Wildman–Crippen LogP) is 3.04. The minimum absolute atomic E-state index is 0.316. The van der Waals surface area contributed by atoms with Gasteiger partial charge in [-0.2, -0.15) is 0 Å². The van der Waals surface area contributed by atoms with Crippen molar-refractivity contribution in [3.8, 4) is 0 Å². The third-order valence-electron chi connectivity index (χ3n) is 3.96. The third kappa shape index (κ3) is 3.43. The van der Waals surface area contributed by atoms with Gasteiger partial charge in [0.2, 0.25) is 5.91 Å². The quantitative estimate of drug-likeness (QED) is 0.794. The number of urea groups is 1. The molecule has 0 bridgehead atoms. The fourth-order valence-corrected chi connectivity index (χ4v) is 2.81. The summed E-state index contributed by atoms with van der Waals surface area (Å²) in [4.78, 5) is 37.5. The molecule has 0 radical (unpaired) electrons. The highest BCUT2D eigenvalue weighted by Crippen LogP contribution is 2.27. The van der Waals surface area contributed by atoms with Crippen LogP contribution < -0.4 is 10.6 Å². The molecule has 1 aliphatic heterocycles. The van der Waals surface area contributed by atoms with E-state index in [9.17, 15) is 14.4 Å². The molecule has 0 aliphatic carbocycles. The third-order valence-corrected chi connectivity index (χ3v) is 4.52. The molecule has 0 unspecified atom stereocenters. The van der Waals surface area contributed by atoms with Gasteiger partial charge in [-0.05, 0) is 31.0 Å². The molecule has 23 heavy (non-hydrogen) atoms. The van der Waals surface area contributed by atoms with Gasteiger partial charge < -0.3 is 10.6 Å². The highest BCUT2D eigenvalue weighted by molar-refractivity contribution is 6.35. The Bertz CT molecular complexity index is 659. The zero-order valence-electron chi connectivity index (χ0n) is 12.8. The van der Waals surface area contributed by atoms with Crippen molar-refractivity contribution in [3.05, 3.63) is 28.2 Å². The van der Waals surface area contributed by atoms with Crippen LogP contribution in [0.4, 0.5) is 10.5 Å². The number of nitrogens with zero attached hydrogens (tertiary/aromatic N) is 1. The number of carbonyl (C=O) groups is 3. The van der Waals surface area contributed by atoms with E-state index in [0.717, 1.165) is 4.90 Å². The lowest BCUT2D eigenvalue weighted by Crippen LogP contribution is -2.46. The molecule has 4 amide bonds. The number of halogens is 2. The van der Waals surface area contributed by atoms with E-state index in [2.05, 4.69) is 10.6 Å². The maximum Gasteiger partial charge on any atom is 0.325 e. The minimum Gasteiger partial charge on any atom is -0.323 e. The number of amides is 4. The first kappa shape index (κ1) is 17.6. The molecule has 6 nitrogen and oxygen atoms in total. The summed E-state index contributed by atoms with van der Waals surface area (Å²) in [5, 5.41) is 5.95. The van der Waals surface area contributed by atoms with Crippen molar-refractivity contribution in [2.24, 2.45) is 0 Å². The van der Waals surface area contributed by atoms with Crippen LogP contribution in [-0.4, -0.2) is 34.8 Å². The molecule has 1 aromatic carbocycles. The maximum absolute atomic E-state index is 12.4. The number of nitrogens with one attached hydrogen (secondary N) is 2. The van der Waals surface area contributed by atoms with Crippen molar-refractivity contribution in [3.63, 3.8) is 0 Å². The number of carbonyl (C=O) groups excluding carboxylic acids is 3. The molecule has 1 saturated heterocycles. The van der Waals surface area contributed by atoms with E-state index in [1.807, 2.05) is 13.8 Å². The van der Waals surface area contributed by atoms with Crippen LogP contribution in [0.3, 0.4) is 0 Å². The average molecular weight is 358 g/mol. The molecular weight excluding hydrogens is 341 g/mol. The van der Waals surface area contributed by atoms with Crippen LogP contribution >= 0.6 is 23.2 Å². The number of anilines is 1. The maximum atomic E-state index is 12.4. The van der Waals surface area contributed by atoms with Crippen molar-refractivity contribution in [2.75, 3.05) is 11.9 Å². The summed E-state index contributed by atoms with van der Waals surface area (Å²) in [6.45, 7) is 3.25. The number of hydrogen-bond acceptors (Lipinski definition) is 3. The summed E-state index contributed by atoms with van der Waals surface area (Å²) in [7, 11) is 0. The smallest absolute Gasteiger partial charge is 0.323 e. The van der Waals surface area contributed by atoms with Gasteiger partial charge in [0.1, 0.15) is 12.1 Å². The molecule has 8 heteroatoms. The monoisotopic (exact) mass is 357 g/mol. The molecule has 0 saturated carbocycles. The first-order valence-electron chi connectivity index (χ1n) is 7.22. The first-order valence-corrected chi connectivity index (χ1v) is 7.97. The predicted molar refractivity (Wildman–Crippen MR) is 88.6 cm³/mol. The highest BCUT2D eigenvalue weighted by Gasteiger charge is 2.49. The summed E-state index contributed by atoms with van der Waals surface area (Å²) < 4.78 is 0. The topological polar surface area (TPSA) is 78.5 Å². The summed E-state index contributed by atoms with van der Waals surface area (Å²) in [5.74, 6) is -0.916. The van der Waals surface area contributed by atoms with E-state index < -0.39 is 17.5 Å². The summed E-state index contributed by atoms with van der Waals surface area (Å²) in [5.41, 5.74) is -0.598. The SMILES string of the molecule is CCC1(CC)NC(=O)N(CC(=O)Nc2cc(Cl)ccc2Cl)C1=O. The normalized spacial score (nSPS) is 16.4. The molecule has 1 heterocycles. The van der Waals surface area contributed by atoms with Crippen LogP contribution in [0.5, 0.6) is 0 Å². The second-order valence-electron chi connectivity index (χ2n) is 5.28. The van der Waals surface area contributed by atoms with Crippen LogP contribution in [0.25, 0.3) is 0 Å². The van der Waals surface area contributed by atoms with Crippen LogP contribution in [0.15, 0.2) is 18.2 Å². The van der Waals surface area contributed by atoms with Crippen molar-refractivity contribution >= 4 is 46.7 Å². The van der Waals surface area contributed by atoms with Gasteiger partial charge in [-0.3, -0.25) is 14.5 Å². The number of rotatable bonds is 5. The Kier molecular flexibility index (Phi) is 5.16. The van der Waals surface area contributed by atoms with Crippen LogP contribution in [0, 0.1) is 0 Å². The second kappa shape index (κ2) is 6.76. The summed E-state index contributed by atoms with van der Waals surface area (Å²) >= 11 is 11.8. The van der Waals surface area contributed by atoms with Crippen molar-refractivity contribution in [1.29, 1.82) is 0 Å². The molecular formula is C15H17Cl2N3O3. The van der Waals surface area contributed by atoms with E-state index in [0.29, 0.717) is 28.6 Å². The van der Waals surface area contributed by atoms with Gasteiger partial charge in [0.05, 0.1) is 10.7 Å². The van der Waals surface area contributed by atoms with Gasteiger partial charge in [-0.25, -0.2) is 4.79 Å². The summed E-state index contributed by atoms with van der Waals surface area (Å²) in [6.07, 6.45) is 0.929. The van der Waals surface area contributed by atoms with Crippen molar-refractivity contribution in [1.82, 2.24) is 10.2 Å². The molecule has 124 valence electrons. The average Bonchev–Trinajstić information content (AvgIpc) is 2.75. The van der Waals surface area contributed by atoms with Crippen molar-refractivity contribution < 1.29 is 14.4 Å². The Morgan fingerprint density at radius 2 is 1.91 bits per heavy atom. The Morgan fingerprint density at radius 3 is 2.48 bits per heavy atom. The van der Waals surface area contributed by atoms with E-state index in [4.69, 9.17) is 23.2 Å². The first-order chi connectivity index (χ1) is 10.8. The molecule has 0 atom stereocenters. The number of benzene rings is 1. The fourth-order valence-electron chi connectivity index (χ4n) is 2.48. The molecule has 1 aromatic rings. The van der Waals surface area contributed by atoms with Gasteiger partial charge >= 0.3 is 6.03 Å². The van der Waals surface area contributed by atoms with E-state index in [-0.39, 0.29) is 12.5 Å². The Hall–Kier alpha value is -1.79. The molecule has 1 aliphatic rings. The second-order valence-corrected chi connectivity index (χ2v) is 6.13. The van der Waals surface area contributed by atoms with E-state index in [1.165, 1.54) is 6.07 Å². The zero-order valence-corrected chi connectivity index (χ0v) is 14.3. The lowest BCUT2D eigenvalue weighted by Gasteiger charge is -2.23. The van der Waals surface area contributed by atoms with Crippen LogP contribution in [-0.2, 0) is 9.59 Å². The Labute approximate surface area is 144 Å². The largest absolute Gasteiger partial charge is 0.325 e. The highest BCUT2D eigenvalue weighted by atomic mass is 35.5. The lowest BCUT2D eigenvalue weighted by molar-refractivity contribution is -0.134. The molecule has 0 spiro atoms. The zero-order chi connectivity index (χ0) is 17.2. The summed E-state index contributed by atoms with van der Waals surface area (Å²) in [6, 6.07) is 4.07. The molecule has 2 N–H and O–H groups in total. The fraction of sp³-hybridized carbons (Fsp3) is 0.400. The van der Waals surface area contributed by atoms with Gasteiger partial charge in [-0.15, -0.1) is 0 Å². The van der Waals surface area contributed by atoms with Crippen LogP contribution in [0.1, 0.15) is 26.7 Å². The van der Waals surface area contributed by atoms with Gasteiger partial charge in [0.25, 0.3) is 5.91 Å². The minimum atomic E-state index is -0.926. The van der Waals surface area contributed by atoms with E-state index in [1.54, 1.807) is 12.1 Å².